The van der Waals surface area contributed by atoms with Crippen molar-refractivity contribution >= 4 is 5.91 Å². The highest BCUT2D eigenvalue weighted by molar-refractivity contribution is 5.96. The van der Waals surface area contributed by atoms with E-state index in [0.29, 0.717) is 24.3 Å². The minimum atomic E-state index is -0.289. The molecule has 3 rings (SSSR count). The third-order valence-corrected chi connectivity index (χ3v) is 3.98. The number of benzene rings is 1. The maximum atomic E-state index is 13.1. The van der Waals surface area contributed by atoms with Crippen LogP contribution in [0.25, 0.3) is 5.69 Å². The van der Waals surface area contributed by atoms with Crippen molar-refractivity contribution in [3.63, 3.8) is 0 Å². The van der Waals surface area contributed by atoms with Gasteiger partial charge in [0.05, 0.1) is 22.6 Å². The molecule has 1 aliphatic rings. The fourth-order valence-electron chi connectivity index (χ4n) is 2.81. The summed E-state index contributed by atoms with van der Waals surface area (Å²) in [6.07, 6.45) is 0. The molecule has 2 heterocycles. The first-order valence-corrected chi connectivity index (χ1v) is 7.40. The van der Waals surface area contributed by atoms with Crippen molar-refractivity contribution in [1.29, 1.82) is 0 Å². The molecule has 1 fully saturated rings. The first-order valence-electron chi connectivity index (χ1n) is 7.40. The molecule has 0 saturated carbocycles. The van der Waals surface area contributed by atoms with E-state index >= 15 is 0 Å². The second kappa shape index (κ2) is 5.88. The van der Waals surface area contributed by atoms with Gasteiger partial charge in [-0.15, -0.1) is 0 Å². The molecule has 1 aliphatic heterocycles. The quantitative estimate of drug-likeness (QED) is 0.918. The summed E-state index contributed by atoms with van der Waals surface area (Å²) in [4.78, 5) is 14.6. The summed E-state index contributed by atoms with van der Waals surface area (Å²) in [5.74, 6) is -0.271. The van der Waals surface area contributed by atoms with Gasteiger partial charge in [-0.2, -0.15) is 5.10 Å². The molecule has 116 valence electrons. The number of carbonyl (C=O) groups excluding carboxylic acids is 1. The number of nitrogens with zero attached hydrogens (tertiary/aromatic N) is 3. The molecule has 5 nitrogen and oxygen atoms in total. The van der Waals surface area contributed by atoms with Crippen LogP contribution in [0.15, 0.2) is 24.3 Å². The first kappa shape index (κ1) is 14.7. The zero-order chi connectivity index (χ0) is 15.7. The van der Waals surface area contributed by atoms with Crippen LogP contribution in [-0.2, 0) is 0 Å². The van der Waals surface area contributed by atoms with Gasteiger partial charge < -0.3 is 10.2 Å². The van der Waals surface area contributed by atoms with Crippen LogP contribution in [0.1, 0.15) is 21.7 Å². The van der Waals surface area contributed by atoms with Gasteiger partial charge in [0.25, 0.3) is 5.91 Å². The molecule has 1 amide bonds. The average molecular weight is 302 g/mol. The Labute approximate surface area is 128 Å². The van der Waals surface area contributed by atoms with Gasteiger partial charge in [0.2, 0.25) is 0 Å². The Morgan fingerprint density at radius 1 is 1.18 bits per heavy atom. The molecule has 22 heavy (non-hydrogen) atoms. The van der Waals surface area contributed by atoms with Crippen molar-refractivity contribution in [2.45, 2.75) is 13.8 Å². The summed E-state index contributed by atoms with van der Waals surface area (Å²) < 4.78 is 14.8. The number of nitrogens with one attached hydrogen (secondary N) is 1. The minimum absolute atomic E-state index is 0.0184. The molecule has 1 aromatic carbocycles. The summed E-state index contributed by atoms with van der Waals surface area (Å²) >= 11 is 0. The lowest BCUT2D eigenvalue weighted by Crippen LogP contribution is -2.46. The number of aryl methyl sites for hydroxylation is 1. The van der Waals surface area contributed by atoms with Crippen LogP contribution in [0.3, 0.4) is 0 Å². The Hall–Kier alpha value is -2.21. The summed E-state index contributed by atoms with van der Waals surface area (Å²) in [5.41, 5.74) is 2.88. The number of rotatable bonds is 2. The zero-order valence-corrected chi connectivity index (χ0v) is 12.8. The van der Waals surface area contributed by atoms with Crippen molar-refractivity contribution in [2.24, 2.45) is 0 Å². The van der Waals surface area contributed by atoms with Crippen LogP contribution in [0, 0.1) is 19.7 Å². The molecule has 2 aromatic rings. The van der Waals surface area contributed by atoms with Crippen LogP contribution in [0.5, 0.6) is 0 Å². The van der Waals surface area contributed by atoms with Gasteiger partial charge in [-0.3, -0.25) is 4.79 Å². The normalized spacial score (nSPS) is 15.1. The predicted molar refractivity (Wildman–Crippen MR) is 81.8 cm³/mol. The van der Waals surface area contributed by atoms with E-state index in [4.69, 9.17) is 0 Å². The van der Waals surface area contributed by atoms with Crippen molar-refractivity contribution < 1.29 is 9.18 Å². The lowest BCUT2D eigenvalue weighted by Gasteiger charge is -2.27. The van der Waals surface area contributed by atoms with E-state index in [0.717, 1.165) is 24.5 Å². The van der Waals surface area contributed by atoms with E-state index < -0.39 is 0 Å². The topological polar surface area (TPSA) is 50.2 Å². The third-order valence-electron chi connectivity index (χ3n) is 3.98. The Morgan fingerprint density at radius 2 is 1.82 bits per heavy atom. The van der Waals surface area contributed by atoms with E-state index in [-0.39, 0.29) is 11.7 Å². The molecule has 0 unspecified atom stereocenters. The van der Waals surface area contributed by atoms with E-state index in [1.54, 1.807) is 16.8 Å². The highest BCUT2D eigenvalue weighted by Gasteiger charge is 2.25. The molecule has 0 radical (unpaired) electrons. The molecule has 1 saturated heterocycles. The van der Waals surface area contributed by atoms with Gasteiger partial charge in [-0.25, -0.2) is 9.07 Å². The van der Waals surface area contributed by atoms with Gasteiger partial charge in [0.1, 0.15) is 5.82 Å². The van der Waals surface area contributed by atoms with Crippen molar-refractivity contribution in [1.82, 2.24) is 20.0 Å². The number of amides is 1. The third kappa shape index (κ3) is 2.62. The maximum absolute atomic E-state index is 13.1. The van der Waals surface area contributed by atoms with Gasteiger partial charge in [0.15, 0.2) is 0 Å². The molecule has 0 atom stereocenters. The summed E-state index contributed by atoms with van der Waals surface area (Å²) in [7, 11) is 0. The van der Waals surface area contributed by atoms with Crippen LogP contribution < -0.4 is 5.32 Å². The number of hydrogen-bond donors (Lipinski definition) is 1. The van der Waals surface area contributed by atoms with E-state index in [1.165, 1.54) is 12.1 Å². The predicted octanol–water partition coefficient (Wildman–Crippen LogP) is 1.67. The summed E-state index contributed by atoms with van der Waals surface area (Å²) in [6, 6.07) is 6.11. The molecule has 1 aromatic heterocycles. The van der Waals surface area contributed by atoms with Gasteiger partial charge >= 0.3 is 0 Å². The Kier molecular flexibility index (Phi) is 3.94. The van der Waals surface area contributed by atoms with Crippen LogP contribution in [0.2, 0.25) is 0 Å². The summed E-state index contributed by atoms with van der Waals surface area (Å²) in [5, 5.41) is 7.69. The number of halogens is 1. The minimum Gasteiger partial charge on any atom is -0.336 e. The Bertz CT molecular complexity index is 687. The SMILES string of the molecule is Cc1nn(-c2ccc(F)cc2)c(C)c1C(=O)N1CCNCC1. The van der Waals surface area contributed by atoms with Crippen LogP contribution in [0.4, 0.5) is 4.39 Å². The van der Waals surface area contributed by atoms with Crippen molar-refractivity contribution in [3.8, 4) is 5.69 Å². The van der Waals surface area contributed by atoms with Crippen molar-refractivity contribution in [3.05, 3.63) is 47.0 Å². The smallest absolute Gasteiger partial charge is 0.257 e. The molecule has 0 spiro atoms. The number of carbonyl (C=O) groups is 1. The second-order valence-electron chi connectivity index (χ2n) is 5.48. The summed E-state index contributed by atoms with van der Waals surface area (Å²) in [6.45, 7) is 6.76. The van der Waals surface area contributed by atoms with E-state index in [9.17, 15) is 9.18 Å². The number of hydrogen-bond acceptors (Lipinski definition) is 3. The maximum Gasteiger partial charge on any atom is 0.257 e. The Morgan fingerprint density at radius 3 is 2.45 bits per heavy atom. The van der Waals surface area contributed by atoms with Gasteiger partial charge in [-0.1, -0.05) is 0 Å². The highest BCUT2D eigenvalue weighted by atomic mass is 19.1. The second-order valence-corrected chi connectivity index (χ2v) is 5.48. The molecule has 1 N–H and O–H groups in total. The van der Waals surface area contributed by atoms with E-state index in [2.05, 4.69) is 10.4 Å². The highest BCUT2D eigenvalue weighted by Crippen LogP contribution is 2.20. The fourth-order valence-corrected chi connectivity index (χ4v) is 2.81. The zero-order valence-electron chi connectivity index (χ0n) is 12.8. The van der Waals surface area contributed by atoms with E-state index in [1.807, 2.05) is 18.7 Å². The number of aromatic nitrogens is 2. The lowest BCUT2D eigenvalue weighted by molar-refractivity contribution is 0.0734. The number of piperazine rings is 1. The molecular weight excluding hydrogens is 283 g/mol. The molecule has 0 bridgehead atoms. The van der Waals surface area contributed by atoms with Gasteiger partial charge in [0, 0.05) is 26.2 Å². The fraction of sp³-hybridized carbons (Fsp3) is 0.375. The van der Waals surface area contributed by atoms with Crippen LogP contribution in [-0.4, -0.2) is 46.8 Å². The molecule has 6 heteroatoms. The molecule has 0 aliphatic carbocycles. The average Bonchev–Trinajstić information content (AvgIpc) is 2.83. The van der Waals surface area contributed by atoms with Crippen LogP contribution >= 0.6 is 0 Å². The monoisotopic (exact) mass is 302 g/mol. The van der Waals surface area contributed by atoms with Gasteiger partial charge in [-0.05, 0) is 38.1 Å². The standard InChI is InChI=1S/C16H19FN4O/c1-11-15(16(22)20-9-7-18-8-10-20)12(2)21(19-11)14-5-3-13(17)4-6-14/h3-6,18H,7-10H2,1-2H3. The molecular formula is C16H19FN4O. The largest absolute Gasteiger partial charge is 0.336 e. The van der Waals surface area contributed by atoms with Crippen molar-refractivity contribution in [2.75, 3.05) is 26.2 Å². The lowest BCUT2D eigenvalue weighted by atomic mass is 10.1. The Balaban J connectivity index is 1.96. The first-order chi connectivity index (χ1) is 10.6.